The minimum atomic E-state index is -0.163. The lowest BCUT2D eigenvalue weighted by atomic mass is 10.1. The van der Waals surface area contributed by atoms with Crippen LogP contribution < -0.4 is 5.32 Å². The molecule has 0 unspecified atom stereocenters. The molecule has 1 heterocycles. The molecule has 2 rings (SSSR count). The number of halogens is 1. The quantitative estimate of drug-likeness (QED) is 0.940. The molecule has 1 amide bonds. The van der Waals surface area contributed by atoms with Crippen LogP contribution in [0.15, 0.2) is 33.3 Å². The summed E-state index contributed by atoms with van der Waals surface area (Å²) in [4.78, 5) is 12.2. The predicted octanol–water partition coefficient (Wildman–Crippen LogP) is 3.54. The number of aryl methyl sites for hydroxylation is 2. The van der Waals surface area contributed by atoms with Crippen molar-refractivity contribution in [2.75, 3.05) is 0 Å². The minimum Gasteiger partial charge on any atom is -0.361 e. The number of carbonyl (C=O) groups is 1. The summed E-state index contributed by atoms with van der Waals surface area (Å²) in [7, 11) is 0. The van der Waals surface area contributed by atoms with Crippen LogP contribution in [0.3, 0.4) is 0 Å². The average molecular weight is 323 g/mol. The van der Waals surface area contributed by atoms with Crippen molar-refractivity contribution in [1.82, 2.24) is 10.5 Å². The molecule has 0 fully saturated rings. The molecule has 0 radical (unpaired) electrons. The summed E-state index contributed by atoms with van der Waals surface area (Å²) in [5.74, 6) is 0.375. The number of nitrogens with one attached hydrogen (secondary N) is 1. The number of benzene rings is 1. The van der Waals surface area contributed by atoms with Crippen molar-refractivity contribution in [2.45, 2.75) is 26.8 Å². The van der Waals surface area contributed by atoms with Gasteiger partial charge < -0.3 is 9.84 Å². The lowest BCUT2D eigenvalue weighted by Crippen LogP contribution is -2.27. The molecule has 0 aliphatic rings. The third-order valence-electron chi connectivity index (χ3n) is 2.96. The van der Waals surface area contributed by atoms with Crippen LogP contribution in [0, 0.1) is 13.8 Å². The van der Waals surface area contributed by atoms with Gasteiger partial charge in [0, 0.05) is 4.47 Å². The number of hydrogen-bond donors (Lipinski definition) is 1. The maximum absolute atomic E-state index is 12.2. The Balaban J connectivity index is 2.15. The summed E-state index contributed by atoms with van der Waals surface area (Å²) < 4.78 is 5.99. The molecule has 0 aliphatic carbocycles. The van der Waals surface area contributed by atoms with Crippen LogP contribution in [0.1, 0.15) is 40.3 Å². The smallest absolute Gasteiger partial charge is 0.257 e. The Hall–Kier alpha value is -1.62. The fourth-order valence-electron chi connectivity index (χ4n) is 1.94. The zero-order chi connectivity index (χ0) is 14.0. The monoisotopic (exact) mass is 322 g/mol. The Kier molecular flexibility index (Phi) is 4.04. The Morgan fingerprint density at radius 1 is 1.42 bits per heavy atom. The minimum absolute atomic E-state index is 0.0845. The van der Waals surface area contributed by atoms with Gasteiger partial charge in [-0.25, -0.2) is 0 Å². The van der Waals surface area contributed by atoms with Gasteiger partial charge in [-0.2, -0.15) is 0 Å². The van der Waals surface area contributed by atoms with Crippen molar-refractivity contribution in [3.05, 3.63) is 51.3 Å². The van der Waals surface area contributed by atoms with Gasteiger partial charge in [0.15, 0.2) is 0 Å². The number of hydrogen-bond acceptors (Lipinski definition) is 3. The molecule has 4 nitrogen and oxygen atoms in total. The molecule has 1 aromatic heterocycles. The normalized spacial score (nSPS) is 12.2. The van der Waals surface area contributed by atoms with Crippen LogP contribution in [0.5, 0.6) is 0 Å². The standard InChI is InChI=1S/C14H15BrN2O2/c1-8(11-5-4-6-12(15)7-11)16-14(18)13-9(2)17-19-10(13)3/h4-8H,1-3H3,(H,16,18)/t8-/m1/s1. The van der Waals surface area contributed by atoms with E-state index < -0.39 is 0 Å². The summed E-state index contributed by atoms with van der Waals surface area (Å²) in [5, 5.41) is 6.74. The van der Waals surface area contributed by atoms with Gasteiger partial charge in [-0.3, -0.25) is 4.79 Å². The maximum atomic E-state index is 12.2. The molecule has 1 N–H and O–H groups in total. The van der Waals surface area contributed by atoms with Crippen LogP contribution in [-0.2, 0) is 0 Å². The van der Waals surface area contributed by atoms with Crippen LogP contribution >= 0.6 is 15.9 Å². The second kappa shape index (κ2) is 5.57. The van der Waals surface area contributed by atoms with E-state index >= 15 is 0 Å². The number of aromatic nitrogens is 1. The molecular formula is C14H15BrN2O2. The lowest BCUT2D eigenvalue weighted by Gasteiger charge is -2.14. The van der Waals surface area contributed by atoms with E-state index in [-0.39, 0.29) is 11.9 Å². The van der Waals surface area contributed by atoms with Crippen LogP contribution in [0.2, 0.25) is 0 Å². The number of rotatable bonds is 3. The molecular weight excluding hydrogens is 308 g/mol. The van der Waals surface area contributed by atoms with E-state index in [1.54, 1.807) is 13.8 Å². The van der Waals surface area contributed by atoms with Crippen LogP contribution in [-0.4, -0.2) is 11.1 Å². The van der Waals surface area contributed by atoms with Crippen molar-refractivity contribution >= 4 is 21.8 Å². The Morgan fingerprint density at radius 2 is 2.16 bits per heavy atom. The van der Waals surface area contributed by atoms with E-state index in [1.165, 1.54) is 0 Å². The summed E-state index contributed by atoms with van der Waals surface area (Å²) in [6.45, 7) is 5.44. The first-order valence-electron chi connectivity index (χ1n) is 5.98. The highest BCUT2D eigenvalue weighted by molar-refractivity contribution is 9.10. The zero-order valence-corrected chi connectivity index (χ0v) is 12.6. The first kappa shape index (κ1) is 13.8. The molecule has 0 saturated carbocycles. The highest BCUT2D eigenvalue weighted by Gasteiger charge is 2.19. The van der Waals surface area contributed by atoms with Crippen molar-refractivity contribution in [2.24, 2.45) is 0 Å². The van der Waals surface area contributed by atoms with Crippen molar-refractivity contribution in [3.8, 4) is 0 Å². The van der Waals surface area contributed by atoms with E-state index in [1.807, 2.05) is 31.2 Å². The second-order valence-corrected chi connectivity index (χ2v) is 5.37. The molecule has 0 aliphatic heterocycles. The molecule has 0 spiro atoms. The second-order valence-electron chi connectivity index (χ2n) is 4.45. The Labute approximate surface area is 120 Å². The summed E-state index contributed by atoms with van der Waals surface area (Å²) in [5.41, 5.74) is 2.16. The maximum Gasteiger partial charge on any atom is 0.257 e. The first-order chi connectivity index (χ1) is 8.99. The highest BCUT2D eigenvalue weighted by Crippen LogP contribution is 2.19. The van der Waals surface area contributed by atoms with Gasteiger partial charge in [0.2, 0.25) is 0 Å². The van der Waals surface area contributed by atoms with Crippen LogP contribution in [0.25, 0.3) is 0 Å². The van der Waals surface area contributed by atoms with E-state index in [0.717, 1.165) is 10.0 Å². The van der Waals surface area contributed by atoms with Crippen molar-refractivity contribution in [3.63, 3.8) is 0 Å². The van der Waals surface area contributed by atoms with Gasteiger partial charge >= 0.3 is 0 Å². The van der Waals surface area contributed by atoms with Crippen molar-refractivity contribution < 1.29 is 9.32 Å². The van der Waals surface area contributed by atoms with E-state index in [4.69, 9.17) is 4.52 Å². The molecule has 19 heavy (non-hydrogen) atoms. The number of carbonyl (C=O) groups excluding carboxylic acids is 1. The van der Waals surface area contributed by atoms with Gasteiger partial charge in [-0.1, -0.05) is 33.2 Å². The third-order valence-corrected chi connectivity index (χ3v) is 3.45. The van der Waals surface area contributed by atoms with Gasteiger partial charge in [0.1, 0.15) is 11.3 Å². The SMILES string of the molecule is Cc1noc(C)c1C(=O)N[C@H](C)c1cccc(Br)c1. The molecule has 1 atom stereocenters. The Bertz CT molecular complexity index is 588. The first-order valence-corrected chi connectivity index (χ1v) is 6.77. The molecule has 1 aromatic carbocycles. The topological polar surface area (TPSA) is 55.1 Å². The fourth-order valence-corrected chi connectivity index (χ4v) is 2.35. The largest absolute Gasteiger partial charge is 0.361 e. The van der Waals surface area contributed by atoms with E-state index in [9.17, 15) is 4.79 Å². The molecule has 0 bridgehead atoms. The number of nitrogens with zero attached hydrogens (tertiary/aromatic N) is 1. The van der Waals surface area contributed by atoms with E-state index in [2.05, 4.69) is 26.4 Å². The molecule has 2 aromatic rings. The average Bonchev–Trinajstić information content (AvgIpc) is 2.69. The van der Waals surface area contributed by atoms with Gasteiger partial charge in [-0.05, 0) is 38.5 Å². The zero-order valence-electron chi connectivity index (χ0n) is 11.0. The highest BCUT2D eigenvalue weighted by atomic mass is 79.9. The fraction of sp³-hybridized carbons (Fsp3) is 0.286. The summed E-state index contributed by atoms with van der Waals surface area (Å²) in [6.07, 6.45) is 0. The van der Waals surface area contributed by atoms with Crippen LogP contribution in [0.4, 0.5) is 0 Å². The van der Waals surface area contributed by atoms with Gasteiger partial charge in [0.25, 0.3) is 5.91 Å². The lowest BCUT2D eigenvalue weighted by molar-refractivity contribution is 0.0938. The molecule has 5 heteroatoms. The Morgan fingerprint density at radius 3 is 2.74 bits per heavy atom. The number of amides is 1. The van der Waals surface area contributed by atoms with Crippen molar-refractivity contribution in [1.29, 1.82) is 0 Å². The van der Waals surface area contributed by atoms with E-state index in [0.29, 0.717) is 17.0 Å². The summed E-state index contributed by atoms with van der Waals surface area (Å²) in [6, 6.07) is 7.77. The third kappa shape index (κ3) is 3.04. The van der Waals surface area contributed by atoms with Gasteiger partial charge in [0.05, 0.1) is 11.7 Å². The summed E-state index contributed by atoms with van der Waals surface area (Å²) >= 11 is 3.42. The molecule has 100 valence electrons. The molecule has 0 saturated heterocycles. The van der Waals surface area contributed by atoms with Gasteiger partial charge in [-0.15, -0.1) is 0 Å². The predicted molar refractivity (Wildman–Crippen MR) is 76.0 cm³/mol.